The van der Waals surface area contributed by atoms with Gasteiger partial charge in [0.1, 0.15) is 0 Å². The van der Waals surface area contributed by atoms with Crippen molar-refractivity contribution in [2.75, 3.05) is 12.3 Å². The third-order valence-electron chi connectivity index (χ3n) is 2.88. The predicted octanol–water partition coefficient (Wildman–Crippen LogP) is 5.53. The lowest BCUT2D eigenvalue weighted by molar-refractivity contribution is 0.0954. The molecule has 1 N–H and O–H groups in total. The van der Waals surface area contributed by atoms with E-state index in [1.54, 1.807) is 11.8 Å². The molecule has 0 aliphatic heterocycles. The molecular formula is C16H14Br2ClNOS. The second-order valence-electron chi connectivity index (χ2n) is 4.54. The first-order chi connectivity index (χ1) is 10.6. The van der Waals surface area contributed by atoms with Crippen LogP contribution < -0.4 is 5.32 Å². The smallest absolute Gasteiger partial charge is 0.253 e. The lowest BCUT2D eigenvalue weighted by Gasteiger charge is -2.08. The molecule has 2 aromatic rings. The van der Waals surface area contributed by atoms with Crippen LogP contribution in [0.2, 0.25) is 5.02 Å². The Morgan fingerprint density at radius 2 is 1.82 bits per heavy atom. The van der Waals surface area contributed by atoms with Crippen LogP contribution in [-0.2, 0) is 5.75 Å². The Balaban J connectivity index is 1.76. The molecule has 0 fully saturated rings. The lowest BCUT2D eigenvalue weighted by Crippen LogP contribution is -2.26. The number of amides is 1. The molecule has 0 saturated carbocycles. The minimum absolute atomic E-state index is 0.0808. The third-order valence-corrected chi connectivity index (χ3v) is 5.47. The number of carbonyl (C=O) groups is 1. The second kappa shape index (κ2) is 8.96. The molecule has 0 saturated heterocycles. The minimum atomic E-state index is -0.0808. The van der Waals surface area contributed by atoms with E-state index in [9.17, 15) is 4.79 Å². The van der Waals surface area contributed by atoms with Gasteiger partial charge in [-0.15, -0.1) is 0 Å². The van der Waals surface area contributed by atoms with Gasteiger partial charge in [-0.25, -0.2) is 0 Å². The summed E-state index contributed by atoms with van der Waals surface area (Å²) in [5.74, 6) is 1.65. The van der Waals surface area contributed by atoms with Crippen LogP contribution in [0.1, 0.15) is 15.9 Å². The summed E-state index contributed by atoms with van der Waals surface area (Å²) in [5, 5.41) is 3.69. The van der Waals surface area contributed by atoms with Crippen molar-refractivity contribution >= 4 is 61.1 Å². The molecule has 2 nitrogen and oxygen atoms in total. The predicted molar refractivity (Wildman–Crippen MR) is 102 cm³/mol. The topological polar surface area (TPSA) is 29.1 Å². The molecule has 116 valence electrons. The summed E-state index contributed by atoms with van der Waals surface area (Å²) >= 11 is 14.5. The van der Waals surface area contributed by atoms with Crippen molar-refractivity contribution in [1.29, 1.82) is 0 Å². The zero-order valence-corrected chi connectivity index (χ0v) is 16.4. The van der Waals surface area contributed by atoms with Crippen LogP contribution >= 0.6 is 55.2 Å². The molecule has 0 spiro atoms. The highest BCUT2D eigenvalue weighted by Crippen LogP contribution is 2.25. The zero-order chi connectivity index (χ0) is 15.9. The monoisotopic (exact) mass is 461 g/mol. The van der Waals surface area contributed by atoms with Crippen LogP contribution in [0.5, 0.6) is 0 Å². The fraction of sp³-hybridized carbons (Fsp3) is 0.188. The van der Waals surface area contributed by atoms with Crippen LogP contribution in [0.4, 0.5) is 0 Å². The Kier molecular flexibility index (Phi) is 7.28. The zero-order valence-electron chi connectivity index (χ0n) is 11.6. The molecule has 0 heterocycles. The van der Waals surface area contributed by atoms with Gasteiger partial charge in [-0.1, -0.05) is 29.8 Å². The molecule has 6 heteroatoms. The SMILES string of the molecule is O=C(NCCSCc1cccc(Cl)c1)c1c(Br)cccc1Br. The van der Waals surface area contributed by atoms with Crippen LogP contribution in [-0.4, -0.2) is 18.2 Å². The fourth-order valence-corrected chi connectivity index (χ4v) is 4.23. The highest BCUT2D eigenvalue weighted by Gasteiger charge is 2.12. The van der Waals surface area contributed by atoms with Gasteiger partial charge in [0.05, 0.1) is 5.56 Å². The van der Waals surface area contributed by atoms with E-state index in [1.807, 2.05) is 36.4 Å². The van der Waals surface area contributed by atoms with E-state index in [2.05, 4.69) is 43.2 Å². The molecule has 2 aromatic carbocycles. The first-order valence-electron chi connectivity index (χ1n) is 6.62. The van der Waals surface area contributed by atoms with Crippen LogP contribution in [0.15, 0.2) is 51.4 Å². The second-order valence-corrected chi connectivity index (χ2v) is 7.79. The minimum Gasteiger partial charge on any atom is -0.351 e. The molecule has 0 aliphatic rings. The van der Waals surface area contributed by atoms with Gasteiger partial charge in [0.25, 0.3) is 5.91 Å². The molecule has 2 rings (SSSR count). The standard InChI is InChI=1S/C16H14Br2ClNOS/c17-13-5-2-6-14(18)15(13)16(21)20-7-8-22-10-11-3-1-4-12(19)9-11/h1-6,9H,7-8,10H2,(H,20,21). The van der Waals surface area contributed by atoms with Gasteiger partial charge >= 0.3 is 0 Å². The summed E-state index contributed by atoms with van der Waals surface area (Å²) < 4.78 is 1.57. The van der Waals surface area contributed by atoms with Crippen molar-refractivity contribution in [2.24, 2.45) is 0 Å². The Hall–Kier alpha value is -0.490. The average Bonchev–Trinajstić information content (AvgIpc) is 2.47. The number of benzene rings is 2. The molecule has 0 unspecified atom stereocenters. The maximum atomic E-state index is 12.2. The van der Waals surface area contributed by atoms with Crippen molar-refractivity contribution in [3.63, 3.8) is 0 Å². The van der Waals surface area contributed by atoms with Crippen LogP contribution in [0.25, 0.3) is 0 Å². The van der Waals surface area contributed by atoms with E-state index in [0.717, 1.165) is 25.5 Å². The summed E-state index contributed by atoms with van der Waals surface area (Å²) in [6.45, 7) is 0.623. The van der Waals surface area contributed by atoms with Crippen LogP contribution in [0.3, 0.4) is 0 Å². The Morgan fingerprint density at radius 3 is 2.50 bits per heavy atom. The van der Waals surface area contributed by atoms with Crippen LogP contribution in [0, 0.1) is 0 Å². The van der Waals surface area contributed by atoms with Crippen molar-refractivity contribution in [3.05, 3.63) is 67.6 Å². The van der Waals surface area contributed by atoms with E-state index in [0.29, 0.717) is 12.1 Å². The number of hydrogen-bond acceptors (Lipinski definition) is 2. The van der Waals surface area contributed by atoms with Gasteiger partial charge in [0.2, 0.25) is 0 Å². The summed E-state index contributed by atoms with van der Waals surface area (Å²) in [5.41, 5.74) is 1.82. The number of hydrogen-bond donors (Lipinski definition) is 1. The largest absolute Gasteiger partial charge is 0.351 e. The highest BCUT2D eigenvalue weighted by molar-refractivity contribution is 9.11. The Morgan fingerprint density at radius 1 is 1.14 bits per heavy atom. The molecule has 0 radical (unpaired) electrons. The molecule has 22 heavy (non-hydrogen) atoms. The maximum absolute atomic E-state index is 12.2. The van der Waals surface area contributed by atoms with Crippen molar-refractivity contribution in [2.45, 2.75) is 5.75 Å². The quantitative estimate of drug-likeness (QED) is 0.571. The molecule has 0 aromatic heterocycles. The van der Waals surface area contributed by atoms with Gasteiger partial charge in [-0.05, 0) is 61.7 Å². The Bertz CT molecular complexity index is 646. The number of rotatable bonds is 6. The fourth-order valence-electron chi connectivity index (χ4n) is 1.86. The molecular weight excluding hydrogens is 450 g/mol. The van der Waals surface area contributed by atoms with Crippen molar-refractivity contribution in [1.82, 2.24) is 5.32 Å². The van der Waals surface area contributed by atoms with Gasteiger partial charge in [-0.2, -0.15) is 11.8 Å². The van der Waals surface area contributed by atoms with Crippen molar-refractivity contribution < 1.29 is 4.79 Å². The third kappa shape index (κ3) is 5.30. The van der Waals surface area contributed by atoms with E-state index in [-0.39, 0.29) is 5.91 Å². The number of carbonyl (C=O) groups excluding carboxylic acids is 1. The van der Waals surface area contributed by atoms with Gasteiger partial charge in [0.15, 0.2) is 0 Å². The number of thioether (sulfide) groups is 1. The van der Waals surface area contributed by atoms with Gasteiger partial charge in [-0.3, -0.25) is 4.79 Å². The van der Waals surface area contributed by atoms with E-state index >= 15 is 0 Å². The number of nitrogens with one attached hydrogen (secondary N) is 1. The highest BCUT2D eigenvalue weighted by atomic mass is 79.9. The molecule has 0 bridgehead atoms. The summed E-state index contributed by atoms with van der Waals surface area (Å²) in [6, 6.07) is 13.4. The summed E-state index contributed by atoms with van der Waals surface area (Å²) in [6.07, 6.45) is 0. The van der Waals surface area contributed by atoms with Crippen molar-refractivity contribution in [3.8, 4) is 0 Å². The maximum Gasteiger partial charge on any atom is 0.253 e. The van der Waals surface area contributed by atoms with E-state index in [1.165, 1.54) is 5.56 Å². The average molecular weight is 464 g/mol. The Labute approximate surface area is 156 Å². The molecule has 0 aliphatic carbocycles. The van der Waals surface area contributed by atoms with Gasteiger partial charge in [0, 0.05) is 32.0 Å². The summed E-state index contributed by atoms with van der Waals surface area (Å²) in [4.78, 5) is 12.2. The summed E-state index contributed by atoms with van der Waals surface area (Å²) in [7, 11) is 0. The first kappa shape index (κ1) is 17.9. The molecule has 0 atom stereocenters. The van der Waals surface area contributed by atoms with Gasteiger partial charge < -0.3 is 5.32 Å². The van der Waals surface area contributed by atoms with E-state index in [4.69, 9.17) is 11.6 Å². The lowest BCUT2D eigenvalue weighted by atomic mass is 10.2. The first-order valence-corrected chi connectivity index (χ1v) is 9.74. The normalized spacial score (nSPS) is 10.5. The number of halogens is 3. The molecule has 1 amide bonds. The van der Waals surface area contributed by atoms with E-state index < -0.39 is 0 Å².